The van der Waals surface area contributed by atoms with Crippen LogP contribution >= 0.6 is 0 Å². The van der Waals surface area contributed by atoms with Crippen molar-refractivity contribution >= 4 is 26.6 Å². The molecule has 0 spiro atoms. The van der Waals surface area contributed by atoms with Crippen LogP contribution in [0.1, 0.15) is 43.1 Å². The van der Waals surface area contributed by atoms with Gasteiger partial charge in [-0.1, -0.05) is 0 Å². The van der Waals surface area contributed by atoms with E-state index in [1.807, 2.05) is 0 Å². The minimum atomic E-state index is -3.54. The Labute approximate surface area is 203 Å². The fraction of sp³-hybridized carbons (Fsp3) is 0.500. The lowest BCUT2D eigenvalue weighted by atomic mass is 9.55. The molecule has 4 fully saturated rings. The largest absolute Gasteiger partial charge is 0.489 e. The highest BCUT2D eigenvalue weighted by molar-refractivity contribution is 7.92. The predicted molar refractivity (Wildman–Crippen MR) is 134 cm³/mol. The first-order valence-corrected chi connectivity index (χ1v) is 13.7. The Morgan fingerprint density at radius 2 is 1.85 bits per heavy atom. The number of aromatic nitrogens is 2. The molecule has 7 rings (SSSR count). The van der Waals surface area contributed by atoms with Crippen molar-refractivity contribution in [2.75, 3.05) is 10.5 Å². The van der Waals surface area contributed by atoms with Crippen molar-refractivity contribution < 1.29 is 17.3 Å². The van der Waals surface area contributed by atoms with Crippen LogP contribution in [0.3, 0.4) is 0 Å². The van der Waals surface area contributed by atoms with Crippen LogP contribution in [0.15, 0.2) is 41.5 Å². The third-order valence-electron chi connectivity index (χ3n) is 8.05. The van der Waals surface area contributed by atoms with E-state index < -0.39 is 22.6 Å². The van der Waals surface area contributed by atoms with Gasteiger partial charge < -0.3 is 14.3 Å². The van der Waals surface area contributed by atoms with Crippen molar-refractivity contribution in [3.05, 3.63) is 47.0 Å². The molecule has 4 aliphatic rings. The molecule has 2 N–H and O–H groups in total. The Bertz CT molecular complexity index is 1500. The first kappa shape index (κ1) is 18.6. The topological polar surface area (TPSA) is 93.2 Å². The lowest BCUT2D eigenvalue weighted by Gasteiger charge is -2.53. The van der Waals surface area contributed by atoms with Gasteiger partial charge in [-0.3, -0.25) is 9.52 Å². The maximum atomic E-state index is 12.9. The highest BCUT2D eigenvalue weighted by Gasteiger charge is 2.49. The summed E-state index contributed by atoms with van der Waals surface area (Å²) in [7, 11) is -3.54. The summed E-state index contributed by atoms with van der Waals surface area (Å²) in [5.74, 6) is 3.04. The summed E-state index contributed by atoms with van der Waals surface area (Å²) in [4.78, 5) is 15.8. The molecule has 0 aliphatic heterocycles. The van der Waals surface area contributed by atoms with Crippen LogP contribution in [0, 0.1) is 23.7 Å². The zero-order valence-corrected chi connectivity index (χ0v) is 19.9. The highest BCUT2D eigenvalue weighted by Crippen LogP contribution is 2.55. The maximum absolute atomic E-state index is 12.9. The van der Waals surface area contributed by atoms with Gasteiger partial charge in [-0.2, -0.15) is 0 Å². The first-order chi connectivity index (χ1) is 17.5. The molecule has 4 aliphatic carbocycles. The van der Waals surface area contributed by atoms with Gasteiger partial charge in [-0.25, -0.2) is 8.42 Å². The zero-order valence-electron chi connectivity index (χ0n) is 22.1. The van der Waals surface area contributed by atoms with Crippen molar-refractivity contribution in [1.82, 2.24) is 9.55 Å². The van der Waals surface area contributed by atoms with Crippen molar-refractivity contribution in [2.24, 2.45) is 30.6 Å². The normalized spacial score (nSPS) is 29.6. The van der Waals surface area contributed by atoms with Crippen molar-refractivity contribution in [3.63, 3.8) is 0 Å². The zero-order chi connectivity index (χ0) is 26.1. The molecule has 180 valence electrons. The molecule has 2 aromatic heterocycles. The Kier molecular flexibility index (Phi) is 4.32. The summed E-state index contributed by atoms with van der Waals surface area (Å²) < 4.78 is 58.5. The summed E-state index contributed by atoms with van der Waals surface area (Å²) in [5, 5.41) is 0.552. The van der Waals surface area contributed by atoms with Gasteiger partial charge in [0.1, 0.15) is 17.4 Å². The second-order valence-corrected chi connectivity index (χ2v) is 12.2. The Hall–Kier alpha value is -2.74. The Morgan fingerprint density at radius 1 is 1.12 bits per heavy atom. The number of anilines is 1. The van der Waals surface area contributed by atoms with E-state index in [0.29, 0.717) is 39.8 Å². The third-order valence-corrected chi connectivity index (χ3v) is 9.36. The van der Waals surface area contributed by atoms with Crippen molar-refractivity contribution in [1.29, 1.82) is 0 Å². The van der Waals surface area contributed by atoms with Gasteiger partial charge in [0.25, 0.3) is 5.56 Å². The summed E-state index contributed by atoms with van der Waals surface area (Å²) in [6, 6.07) is 6.84. The number of hydrogen-bond acceptors (Lipinski definition) is 4. The van der Waals surface area contributed by atoms with E-state index in [9.17, 15) is 13.2 Å². The first-order valence-electron chi connectivity index (χ1n) is 13.6. The minimum Gasteiger partial charge on any atom is -0.489 e. The number of fused-ring (bicyclic) bond motifs is 1. The van der Waals surface area contributed by atoms with E-state index in [1.54, 1.807) is 37.4 Å². The van der Waals surface area contributed by atoms with Gasteiger partial charge >= 0.3 is 0 Å². The Balaban J connectivity index is 1.50. The molecular formula is C26H31N3O4S. The summed E-state index contributed by atoms with van der Waals surface area (Å²) in [6.07, 6.45) is 9.03. The number of nitrogens with zero attached hydrogens (tertiary/aromatic N) is 1. The third kappa shape index (κ3) is 3.63. The second-order valence-electron chi connectivity index (χ2n) is 10.2. The molecule has 4 bridgehead atoms. The molecule has 2 heterocycles. The van der Waals surface area contributed by atoms with E-state index in [0.717, 1.165) is 16.4 Å². The van der Waals surface area contributed by atoms with Crippen LogP contribution in [-0.4, -0.2) is 29.8 Å². The number of aromatic amines is 1. The van der Waals surface area contributed by atoms with E-state index >= 15 is 0 Å². The van der Waals surface area contributed by atoms with Crippen molar-refractivity contribution in [3.8, 4) is 16.9 Å². The van der Waals surface area contributed by atoms with Crippen LogP contribution in [-0.2, 0) is 17.0 Å². The lowest BCUT2D eigenvalue weighted by Crippen LogP contribution is -2.50. The Morgan fingerprint density at radius 3 is 2.53 bits per heavy atom. The SMILES string of the molecule is [2H]C([2H])([2H])n1cc(-c2cc(NS(=O)(=O)CC)ccc2OC2C3CC4CC(C3)CC2C4)c2cc[nH]c2c1=O. The number of rotatable bonds is 6. The average Bonchev–Trinajstić information content (AvgIpc) is 3.32. The number of pyridine rings is 1. The van der Waals surface area contributed by atoms with E-state index in [4.69, 9.17) is 8.85 Å². The number of H-pyrrole nitrogens is 1. The van der Waals surface area contributed by atoms with Crippen molar-refractivity contribution in [2.45, 2.75) is 45.1 Å². The molecule has 8 heteroatoms. The molecular weight excluding hydrogens is 450 g/mol. The molecule has 4 saturated carbocycles. The lowest BCUT2D eigenvalue weighted by molar-refractivity contribution is -0.0787. The van der Waals surface area contributed by atoms with Gasteiger partial charge in [-0.15, -0.1) is 0 Å². The van der Waals surface area contributed by atoms with Gasteiger partial charge in [0.05, 0.1) is 5.75 Å². The molecule has 34 heavy (non-hydrogen) atoms. The van der Waals surface area contributed by atoms with Crippen LogP contribution < -0.4 is 15.0 Å². The fourth-order valence-corrected chi connectivity index (χ4v) is 7.37. The molecule has 0 amide bonds. The standard InChI is InChI=1S/C26H31N3O4S/c1-3-34(31,32)28-19-4-5-23(33-25-17-9-15-8-16(11-17)12-18(25)10-15)21(13-19)22-14-29(2)26(30)24-20(22)6-7-27-24/h4-7,13-18,25,27-28H,3,8-12H2,1-2H3/i2D3. The molecule has 0 atom stereocenters. The van der Waals surface area contributed by atoms with Gasteiger partial charge in [-0.05, 0) is 87.0 Å². The molecule has 0 radical (unpaired) electrons. The van der Waals surface area contributed by atoms with Crippen LogP contribution in [0.2, 0.25) is 0 Å². The number of aryl methyl sites for hydroxylation is 1. The molecule has 7 nitrogen and oxygen atoms in total. The minimum absolute atomic E-state index is 0.0694. The predicted octanol–water partition coefficient (Wildman–Crippen LogP) is 4.50. The molecule has 1 aromatic carbocycles. The van der Waals surface area contributed by atoms with Gasteiger partial charge in [0.2, 0.25) is 10.0 Å². The highest BCUT2D eigenvalue weighted by atomic mass is 32.2. The smallest absolute Gasteiger partial charge is 0.274 e. The summed E-state index contributed by atoms with van der Waals surface area (Å²) in [5.41, 5.74) is 0.921. The van der Waals surface area contributed by atoms with Gasteiger partial charge in [0, 0.05) is 45.7 Å². The quantitative estimate of drug-likeness (QED) is 0.539. The summed E-state index contributed by atoms with van der Waals surface area (Å²) in [6.45, 7) is -1.13. The monoisotopic (exact) mass is 484 g/mol. The van der Waals surface area contributed by atoms with E-state index in [1.165, 1.54) is 38.3 Å². The van der Waals surface area contributed by atoms with E-state index in [2.05, 4.69) is 9.71 Å². The molecule has 3 aromatic rings. The van der Waals surface area contributed by atoms with Crippen LogP contribution in [0.4, 0.5) is 5.69 Å². The second kappa shape index (κ2) is 7.90. The fourth-order valence-electron chi connectivity index (χ4n) is 6.74. The molecule has 0 saturated heterocycles. The number of ether oxygens (including phenoxy) is 1. The summed E-state index contributed by atoms with van der Waals surface area (Å²) >= 11 is 0. The van der Waals surface area contributed by atoms with E-state index in [-0.39, 0.29) is 17.4 Å². The molecule has 0 unspecified atom stereocenters. The number of sulfonamides is 1. The number of nitrogens with one attached hydrogen (secondary N) is 2. The number of hydrogen-bond donors (Lipinski definition) is 2. The van der Waals surface area contributed by atoms with Crippen LogP contribution in [0.25, 0.3) is 22.0 Å². The maximum Gasteiger partial charge on any atom is 0.274 e. The van der Waals surface area contributed by atoms with Crippen LogP contribution in [0.5, 0.6) is 5.75 Å². The number of benzene rings is 1. The van der Waals surface area contributed by atoms with Gasteiger partial charge in [0.15, 0.2) is 0 Å². The average molecular weight is 485 g/mol.